The maximum Gasteiger partial charge on any atom is 0.472 e. The third-order valence-corrected chi connectivity index (χ3v) is 15.5. The van der Waals surface area contributed by atoms with Crippen molar-refractivity contribution in [2.45, 2.75) is 303 Å². The van der Waals surface area contributed by atoms with Gasteiger partial charge in [-0.2, -0.15) is 0 Å². The molecule has 0 heterocycles. The molecule has 0 fully saturated rings. The van der Waals surface area contributed by atoms with E-state index in [9.17, 15) is 19.0 Å². The molecule has 1 amide bonds. The summed E-state index contributed by atoms with van der Waals surface area (Å²) in [6, 6.07) is -0.877. The van der Waals surface area contributed by atoms with Gasteiger partial charge >= 0.3 is 13.8 Å². The summed E-state index contributed by atoms with van der Waals surface area (Å²) in [4.78, 5) is 37.8. The van der Waals surface area contributed by atoms with Gasteiger partial charge in [-0.1, -0.05) is 266 Å². The summed E-state index contributed by atoms with van der Waals surface area (Å²) in [5.41, 5.74) is 0. The number of esters is 1. The first-order valence-corrected chi connectivity index (χ1v) is 35.1. The minimum absolute atomic E-state index is 0.0278. The number of hydrogen-bond donors (Lipinski definition) is 2. The van der Waals surface area contributed by atoms with Crippen LogP contribution in [-0.2, 0) is 27.9 Å². The van der Waals surface area contributed by atoms with Crippen molar-refractivity contribution in [3.8, 4) is 0 Å². The maximum absolute atomic E-state index is 13.6. The Morgan fingerprint density at radius 3 is 1.21 bits per heavy atom. The molecule has 0 radical (unpaired) electrons. The summed E-state index contributed by atoms with van der Waals surface area (Å²) in [5.74, 6) is -0.554. The zero-order valence-corrected chi connectivity index (χ0v) is 54.4. The molecule has 0 saturated heterocycles. The van der Waals surface area contributed by atoms with Gasteiger partial charge in [-0.25, -0.2) is 4.57 Å². The molecule has 10 heteroatoms. The highest BCUT2D eigenvalue weighted by atomic mass is 31.2. The number of allylic oxidation sites excluding steroid dienone is 15. The Bertz CT molecular complexity index is 1710. The van der Waals surface area contributed by atoms with Crippen LogP contribution in [0.25, 0.3) is 0 Å². The van der Waals surface area contributed by atoms with Crippen molar-refractivity contribution >= 4 is 19.7 Å². The number of carbonyl (C=O) groups is 2. The van der Waals surface area contributed by atoms with Gasteiger partial charge in [-0.15, -0.1) is 0 Å². The number of rotatable bonds is 60. The van der Waals surface area contributed by atoms with Crippen molar-refractivity contribution in [1.29, 1.82) is 0 Å². The third-order valence-electron chi connectivity index (χ3n) is 14.5. The van der Waals surface area contributed by atoms with Crippen molar-refractivity contribution in [3.05, 3.63) is 97.2 Å². The lowest BCUT2D eigenvalue weighted by Gasteiger charge is -2.27. The Balaban J connectivity index is 5.28. The predicted octanol–water partition coefficient (Wildman–Crippen LogP) is 21.1. The summed E-state index contributed by atoms with van der Waals surface area (Å²) in [7, 11) is 1.46. The Morgan fingerprint density at radius 1 is 0.444 bits per heavy atom. The molecular formula is C71H128N2O7P+. The fraction of sp³-hybridized carbons (Fsp3) is 0.746. The number of amides is 1. The second-order valence-corrected chi connectivity index (χ2v) is 25.1. The van der Waals surface area contributed by atoms with Crippen LogP contribution >= 0.6 is 7.82 Å². The third kappa shape index (κ3) is 61.3. The van der Waals surface area contributed by atoms with E-state index in [2.05, 4.69) is 111 Å². The minimum atomic E-state index is -4.47. The Hall–Kier alpha value is -3.07. The SMILES string of the molecule is CC/C=C\C/C=C\C/C=C\C/C=C\C/C=C\C/C=C\CCCCC(=O)NC(COP(=O)(O)OCC[N+](C)(C)C)C(/C=C/CCCCCCCCCCCCC)OC(=O)CCCCCCCCCCCCC/C=C/CCCCCCCC. The van der Waals surface area contributed by atoms with E-state index < -0.39 is 20.0 Å². The van der Waals surface area contributed by atoms with Crippen LogP contribution in [0.1, 0.15) is 290 Å². The average Bonchev–Trinajstić information content (AvgIpc) is 3.44. The van der Waals surface area contributed by atoms with Gasteiger partial charge in [-0.05, 0) is 109 Å². The van der Waals surface area contributed by atoms with Crippen molar-refractivity contribution < 1.29 is 37.3 Å². The average molecular weight is 1150 g/mol. The molecule has 9 nitrogen and oxygen atoms in total. The molecular weight excluding hydrogens is 1020 g/mol. The van der Waals surface area contributed by atoms with E-state index in [-0.39, 0.29) is 37.9 Å². The number of carbonyl (C=O) groups excluding carboxylic acids is 2. The van der Waals surface area contributed by atoms with Gasteiger partial charge in [0.15, 0.2) is 0 Å². The molecule has 81 heavy (non-hydrogen) atoms. The molecule has 0 spiro atoms. The van der Waals surface area contributed by atoms with Gasteiger partial charge in [-0.3, -0.25) is 18.6 Å². The molecule has 3 unspecified atom stereocenters. The van der Waals surface area contributed by atoms with Gasteiger partial charge in [0.05, 0.1) is 33.8 Å². The second kappa shape index (κ2) is 60.1. The summed E-state index contributed by atoms with van der Waals surface area (Å²) in [5, 5.41) is 3.04. The normalized spacial score (nSPS) is 14.2. The number of ether oxygens (including phenoxy) is 1. The van der Waals surface area contributed by atoms with Crippen LogP contribution in [0, 0.1) is 0 Å². The fourth-order valence-corrected chi connectivity index (χ4v) is 10.1. The lowest BCUT2D eigenvalue weighted by atomic mass is 10.0. The maximum atomic E-state index is 13.6. The molecule has 0 aliphatic heterocycles. The van der Waals surface area contributed by atoms with Crippen LogP contribution in [-0.4, -0.2) is 74.3 Å². The topological polar surface area (TPSA) is 111 Å². The van der Waals surface area contributed by atoms with Crippen LogP contribution in [0.15, 0.2) is 97.2 Å². The predicted molar refractivity (Wildman–Crippen MR) is 350 cm³/mol. The molecule has 0 aromatic heterocycles. The van der Waals surface area contributed by atoms with Gasteiger partial charge < -0.3 is 19.4 Å². The summed E-state index contributed by atoms with van der Waals surface area (Å²) >= 11 is 0. The van der Waals surface area contributed by atoms with Gasteiger partial charge in [0.2, 0.25) is 5.91 Å². The number of hydrogen-bond acceptors (Lipinski definition) is 6. The molecule has 0 aliphatic rings. The van der Waals surface area contributed by atoms with Crippen molar-refractivity contribution in [2.24, 2.45) is 0 Å². The standard InChI is InChI=1S/C71H127N2O7P/c1-7-10-13-16-19-22-25-28-30-32-34-36-38-40-42-45-48-51-54-57-60-63-70(74)72-68(67-79-81(76,77)78-66-65-73(4,5)6)69(62-59-56-53-50-47-44-27-24-21-18-15-12-9-3)80-71(75)64-61-58-55-52-49-46-43-41-39-37-35-33-31-29-26-23-20-17-14-11-8-2/h10,13,19,22,28-31,34,36,40,42,48,51,59,62,68-69H,7-9,11-12,14-18,20-21,23-27,32-33,35,37-39,41,43-47,49-50,52-58,60-61,63-67H2,1-6H3,(H-,72,74,76,77)/p+1/b13-10-,22-19-,30-28-,31-29+,36-34-,42-40-,51-48-,62-59+. The number of phosphoric ester groups is 1. The first-order chi connectivity index (χ1) is 39.4. The number of unbranched alkanes of at least 4 members (excludes halogenated alkanes) is 30. The number of likely N-dealkylation sites (N-methyl/N-ethyl adjacent to an activating group) is 1. The Labute approximate surface area is 500 Å². The van der Waals surface area contributed by atoms with Gasteiger partial charge in [0.25, 0.3) is 0 Å². The fourth-order valence-electron chi connectivity index (χ4n) is 9.35. The molecule has 2 N–H and O–H groups in total. The lowest BCUT2D eigenvalue weighted by molar-refractivity contribution is -0.870. The zero-order valence-electron chi connectivity index (χ0n) is 53.5. The van der Waals surface area contributed by atoms with E-state index in [0.717, 1.165) is 89.9 Å². The number of nitrogens with zero attached hydrogens (tertiary/aromatic N) is 1. The minimum Gasteiger partial charge on any atom is -0.456 e. The number of quaternary nitrogens is 1. The van der Waals surface area contributed by atoms with Crippen molar-refractivity contribution in [3.63, 3.8) is 0 Å². The zero-order chi connectivity index (χ0) is 59.3. The van der Waals surface area contributed by atoms with Crippen LogP contribution in [0.2, 0.25) is 0 Å². The molecule has 3 atom stereocenters. The highest BCUT2D eigenvalue weighted by molar-refractivity contribution is 7.47. The lowest BCUT2D eigenvalue weighted by Crippen LogP contribution is -2.47. The summed E-state index contributed by atoms with van der Waals surface area (Å²) in [6.45, 7) is 6.88. The summed E-state index contributed by atoms with van der Waals surface area (Å²) < 4.78 is 30.8. The quantitative estimate of drug-likeness (QED) is 0.0205. The molecule has 468 valence electrons. The summed E-state index contributed by atoms with van der Waals surface area (Å²) in [6.07, 6.45) is 81.3. The molecule has 0 rings (SSSR count). The van der Waals surface area contributed by atoms with Crippen molar-refractivity contribution in [2.75, 3.05) is 40.9 Å². The molecule has 0 saturated carbocycles. The monoisotopic (exact) mass is 1150 g/mol. The Morgan fingerprint density at radius 2 is 0.790 bits per heavy atom. The highest BCUT2D eigenvalue weighted by Crippen LogP contribution is 2.43. The molecule has 0 aromatic carbocycles. The molecule has 0 aromatic rings. The Kier molecular flexibility index (Phi) is 57.8. The largest absolute Gasteiger partial charge is 0.472 e. The number of phosphoric acid groups is 1. The smallest absolute Gasteiger partial charge is 0.456 e. The first kappa shape index (κ1) is 77.9. The second-order valence-electron chi connectivity index (χ2n) is 23.6. The molecule has 0 bridgehead atoms. The van der Waals surface area contributed by atoms with Crippen LogP contribution in [0.3, 0.4) is 0 Å². The van der Waals surface area contributed by atoms with E-state index in [1.165, 1.54) is 161 Å². The van der Waals surface area contributed by atoms with Crippen LogP contribution in [0.5, 0.6) is 0 Å². The number of nitrogens with one attached hydrogen (secondary N) is 1. The van der Waals surface area contributed by atoms with E-state index in [1.807, 2.05) is 33.3 Å². The van der Waals surface area contributed by atoms with Crippen molar-refractivity contribution in [1.82, 2.24) is 5.32 Å². The molecule has 0 aliphatic carbocycles. The van der Waals surface area contributed by atoms with Gasteiger partial charge in [0.1, 0.15) is 19.3 Å². The van der Waals surface area contributed by atoms with Crippen LogP contribution < -0.4 is 5.32 Å². The van der Waals surface area contributed by atoms with Crippen LogP contribution in [0.4, 0.5) is 0 Å². The van der Waals surface area contributed by atoms with E-state index in [4.69, 9.17) is 13.8 Å². The highest BCUT2D eigenvalue weighted by Gasteiger charge is 2.30. The van der Waals surface area contributed by atoms with E-state index in [0.29, 0.717) is 17.4 Å². The van der Waals surface area contributed by atoms with Gasteiger partial charge in [0, 0.05) is 12.8 Å². The van der Waals surface area contributed by atoms with E-state index >= 15 is 0 Å². The van der Waals surface area contributed by atoms with E-state index in [1.54, 1.807) is 0 Å². The first-order valence-electron chi connectivity index (χ1n) is 33.6.